The average Bonchev–Trinajstić information content (AvgIpc) is 3.42. The number of carbonyl (C=O) groups excluding carboxylic acids is 1. The SMILES string of the molecule is CC.CN(C)C1CC(c2c(C=O)cccc2C2CC2)n2c1nc1ccc(Cl)cc12. The molecule has 1 fully saturated rings. The normalized spacial score (nSPS) is 20.5. The molecule has 152 valence electrons. The molecule has 2 aliphatic rings. The fourth-order valence-electron chi connectivity index (χ4n) is 4.60. The lowest BCUT2D eigenvalue weighted by atomic mass is 9.90. The van der Waals surface area contributed by atoms with E-state index >= 15 is 0 Å². The summed E-state index contributed by atoms with van der Waals surface area (Å²) in [6.07, 6.45) is 4.35. The summed E-state index contributed by atoms with van der Waals surface area (Å²) in [4.78, 5) is 19.1. The highest BCUT2D eigenvalue weighted by atomic mass is 35.5. The Morgan fingerprint density at radius 1 is 1.17 bits per heavy atom. The highest BCUT2D eigenvalue weighted by Gasteiger charge is 2.39. The van der Waals surface area contributed by atoms with Gasteiger partial charge in [-0.25, -0.2) is 4.98 Å². The zero-order valence-corrected chi connectivity index (χ0v) is 18.3. The van der Waals surface area contributed by atoms with E-state index in [4.69, 9.17) is 16.6 Å². The highest BCUT2D eigenvalue weighted by Crippen LogP contribution is 2.49. The Labute approximate surface area is 177 Å². The van der Waals surface area contributed by atoms with Crippen LogP contribution in [0.3, 0.4) is 0 Å². The second kappa shape index (κ2) is 7.92. The lowest BCUT2D eigenvalue weighted by Gasteiger charge is -2.22. The topological polar surface area (TPSA) is 38.1 Å². The number of benzene rings is 2. The third-order valence-electron chi connectivity index (χ3n) is 6.01. The first-order valence-corrected chi connectivity index (χ1v) is 10.9. The Balaban J connectivity index is 0.000000994. The number of carbonyl (C=O) groups is 1. The van der Waals surface area contributed by atoms with E-state index in [9.17, 15) is 4.79 Å². The van der Waals surface area contributed by atoms with Gasteiger partial charge in [-0.15, -0.1) is 0 Å². The Hall–Kier alpha value is -2.17. The van der Waals surface area contributed by atoms with Gasteiger partial charge in [0.05, 0.1) is 23.1 Å². The van der Waals surface area contributed by atoms with Crippen molar-refractivity contribution >= 4 is 28.9 Å². The van der Waals surface area contributed by atoms with Crippen LogP contribution in [0, 0.1) is 0 Å². The molecule has 2 atom stereocenters. The third-order valence-corrected chi connectivity index (χ3v) is 6.24. The van der Waals surface area contributed by atoms with Gasteiger partial charge in [0.15, 0.2) is 0 Å². The second-order valence-electron chi connectivity index (χ2n) is 7.95. The van der Waals surface area contributed by atoms with E-state index in [0.29, 0.717) is 10.9 Å². The monoisotopic (exact) mass is 409 g/mol. The number of rotatable bonds is 4. The molecular weight excluding hydrogens is 382 g/mol. The Kier molecular flexibility index (Phi) is 5.50. The van der Waals surface area contributed by atoms with Crippen molar-refractivity contribution in [3.05, 3.63) is 63.9 Å². The Morgan fingerprint density at radius 3 is 2.59 bits per heavy atom. The van der Waals surface area contributed by atoms with Crippen molar-refractivity contribution in [2.24, 2.45) is 0 Å². The summed E-state index contributed by atoms with van der Waals surface area (Å²) < 4.78 is 2.32. The molecule has 2 unspecified atom stereocenters. The van der Waals surface area contributed by atoms with Gasteiger partial charge in [-0.2, -0.15) is 0 Å². The number of imidazole rings is 1. The summed E-state index contributed by atoms with van der Waals surface area (Å²) in [6, 6.07) is 12.4. The molecule has 29 heavy (non-hydrogen) atoms. The maximum Gasteiger partial charge on any atom is 0.150 e. The maximum absolute atomic E-state index is 11.9. The van der Waals surface area contributed by atoms with Crippen molar-refractivity contribution in [3.63, 3.8) is 0 Å². The smallest absolute Gasteiger partial charge is 0.150 e. The van der Waals surface area contributed by atoms with Gasteiger partial charge >= 0.3 is 0 Å². The molecule has 0 saturated heterocycles. The van der Waals surface area contributed by atoms with Gasteiger partial charge in [-0.05, 0) is 68.6 Å². The first kappa shape index (κ1) is 20.1. The van der Waals surface area contributed by atoms with E-state index in [2.05, 4.69) is 29.6 Å². The summed E-state index contributed by atoms with van der Waals surface area (Å²) in [6.45, 7) is 4.00. The molecule has 1 aliphatic heterocycles. The molecule has 3 aromatic rings. The molecule has 5 heteroatoms. The van der Waals surface area contributed by atoms with Gasteiger partial charge in [0.25, 0.3) is 0 Å². The minimum Gasteiger partial charge on any atom is -0.319 e. The van der Waals surface area contributed by atoms with Gasteiger partial charge in [0.1, 0.15) is 12.1 Å². The van der Waals surface area contributed by atoms with Crippen LogP contribution in [0.2, 0.25) is 5.02 Å². The fraction of sp³-hybridized carbons (Fsp3) is 0.417. The molecule has 2 heterocycles. The van der Waals surface area contributed by atoms with E-state index in [1.54, 1.807) is 0 Å². The molecule has 0 amide bonds. The van der Waals surface area contributed by atoms with Crippen LogP contribution in [-0.4, -0.2) is 34.8 Å². The zero-order valence-electron chi connectivity index (χ0n) is 17.5. The van der Waals surface area contributed by atoms with Crippen molar-refractivity contribution in [3.8, 4) is 0 Å². The van der Waals surface area contributed by atoms with Crippen LogP contribution in [0.25, 0.3) is 11.0 Å². The van der Waals surface area contributed by atoms with E-state index in [-0.39, 0.29) is 12.1 Å². The molecule has 2 aromatic carbocycles. The van der Waals surface area contributed by atoms with Crippen LogP contribution in [0.1, 0.15) is 78.4 Å². The van der Waals surface area contributed by atoms with Crippen LogP contribution in [0.15, 0.2) is 36.4 Å². The summed E-state index contributed by atoms with van der Waals surface area (Å²) >= 11 is 6.31. The minimum atomic E-state index is 0.105. The predicted molar refractivity (Wildman–Crippen MR) is 119 cm³/mol. The Bertz CT molecular complexity index is 1050. The maximum atomic E-state index is 11.9. The molecule has 0 spiro atoms. The van der Waals surface area contributed by atoms with Crippen molar-refractivity contribution in [1.29, 1.82) is 0 Å². The average molecular weight is 410 g/mol. The van der Waals surface area contributed by atoms with Gasteiger partial charge < -0.3 is 4.57 Å². The van der Waals surface area contributed by atoms with Crippen molar-refractivity contribution in [2.75, 3.05) is 14.1 Å². The molecule has 0 bridgehead atoms. The van der Waals surface area contributed by atoms with Crippen LogP contribution in [0.5, 0.6) is 0 Å². The lowest BCUT2D eigenvalue weighted by molar-refractivity contribution is 0.112. The third kappa shape index (κ3) is 3.38. The number of hydrogen-bond acceptors (Lipinski definition) is 3. The molecular formula is C24H28ClN3O. The first-order valence-electron chi connectivity index (χ1n) is 10.5. The van der Waals surface area contributed by atoms with Gasteiger partial charge in [0.2, 0.25) is 0 Å². The molecule has 1 saturated carbocycles. The van der Waals surface area contributed by atoms with Crippen molar-refractivity contribution in [2.45, 2.75) is 51.1 Å². The first-order chi connectivity index (χ1) is 14.1. The number of halogens is 1. The van der Waals surface area contributed by atoms with Crippen LogP contribution in [0.4, 0.5) is 0 Å². The molecule has 1 aromatic heterocycles. The quantitative estimate of drug-likeness (QED) is 0.496. The standard InChI is InChI=1S/C22H22ClN3O.C2H6/c1-25(2)20-11-19(21-14(12-27)4-3-5-16(21)13-6-7-13)26-18-10-15(23)8-9-17(18)24-22(20)26;1-2/h3-5,8-10,12-13,19-20H,6-7,11H2,1-2H3;1-2H3. The summed E-state index contributed by atoms with van der Waals surface area (Å²) in [5.74, 6) is 1.64. The Morgan fingerprint density at radius 2 is 1.93 bits per heavy atom. The van der Waals surface area contributed by atoms with Gasteiger partial charge in [-0.3, -0.25) is 9.69 Å². The van der Waals surface area contributed by atoms with E-state index < -0.39 is 0 Å². The number of hydrogen-bond donors (Lipinski definition) is 0. The van der Waals surface area contributed by atoms with E-state index in [0.717, 1.165) is 35.1 Å². The molecule has 0 N–H and O–H groups in total. The van der Waals surface area contributed by atoms with Crippen molar-refractivity contribution in [1.82, 2.24) is 14.5 Å². The highest BCUT2D eigenvalue weighted by molar-refractivity contribution is 6.31. The largest absolute Gasteiger partial charge is 0.319 e. The summed E-state index contributed by atoms with van der Waals surface area (Å²) in [5.41, 5.74) is 5.33. The number of fused-ring (bicyclic) bond motifs is 3. The summed E-state index contributed by atoms with van der Waals surface area (Å²) in [5, 5.41) is 0.711. The van der Waals surface area contributed by atoms with Crippen LogP contribution >= 0.6 is 11.6 Å². The fourth-order valence-corrected chi connectivity index (χ4v) is 4.76. The van der Waals surface area contributed by atoms with Gasteiger partial charge in [0, 0.05) is 10.6 Å². The molecule has 0 radical (unpaired) electrons. The van der Waals surface area contributed by atoms with Gasteiger partial charge in [-0.1, -0.05) is 43.6 Å². The van der Waals surface area contributed by atoms with Crippen molar-refractivity contribution < 1.29 is 4.79 Å². The predicted octanol–water partition coefficient (Wildman–Crippen LogP) is 6.00. The summed E-state index contributed by atoms with van der Waals surface area (Å²) in [7, 11) is 4.19. The zero-order chi connectivity index (χ0) is 20.7. The van der Waals surface area contributed by atoms with Crippen LogP contribution < -0.4 is 0 Å². The number of aromatic nitrogens is 2. The number of aldehydes is 1. The number of nitrogens with zero attached hydrogens (tertiary/aromatic N) is 3. The van der Waals surface area contributed by atoms with E-state index in [1.165, 1.54) is 24.0 Å². The minimum absolute atomic E-state index is 0.105. The molecule has 4 nitrogen and oxygen atoms in total. The van der Waals surface area contributed by atoms with E-state index in [1.807, 2.05) is 44.2 Å². The molecule has 1 aliphatic carbocycles. The lowest BCUT2D eigenvalue weighted by Crippen LogP contribution is -2.18. The molecule has 5 rings (SSSR count). The second-order valence-corrected chi connectivity index (χ2v) is 8.38. The van der Waals surface area contributed by atoms with Crippen LogP contribution in [-0.2, 0) is 0 Å².